The van der Waals surface area contributed by atoms with Gasteiger partial charge in [-0.1, -0.05) is 17.7 Å². The van der Waals surface area contributed by atoms with E-state index in [0.717, 1.165) is 17.1 Å². The third-order valence-electron chi connectivity index (χ3n) is 3.42. The Bertz CT molecular complexity index is 765. The van der Waals surface area contributed by atoms with Gasteiger partial charge in [0.25, 0.3) is 0 Å². The van der Waals surface area contributed by atoms with Crippen molar-refractivity contribution < 1.29 is 13.1 Å². The summed E-state index contributed by atoms with van der Waals surface area (Å²) in [6.07, 6.45) is 5.14. The molecule has 0 atom stereocenters. The molecular weight excluding hydrogens is 387 g/mol. The predicted octanol–water partition coefficient (Wildman–Crippen LogP) is 4.98. The molecule has 2 aromatic rings. The summed E-state index contributed by atoms with van der Waals surface area (Å²) in [5, 5.41) is 8.48. The molecule has 0 fully saturated rings. The van der Waals surface area contributed by atoms with E-state index in [2.05, 4.69) is 42.9 Å². The summed E-state index contributed by atoms with van der Waals surface area (Å²) in [5.74, 6) is 0. The number of hydrogen-bond acceptors (Lipinski definition) is 3. The molecule has 0 N–H and O–H groups in total. The van der Waals surface area contributed by atoms with Crippen LogP contribution in [0.3, 0.4) is 0 Å². The van der Waals surface area contributed by atoms with E-state index in [1.807, 2.05) is 30.0 Å². The number of benzene rings is 1. The van der Waals surface area contributed by atoms with Crippen molar-refractivity contribution in [1.29, 1.82) is 5.26 Å². The second-order valence-corrected chi connectivity index (χ2v) is 6.98. The van der Waals surface area contributed by atoms with Gasteiger partial charge >= 0.3 is 33.3 Å². The first-order valence-corrected chi connectivity index (χ1v) is 10.0. The van der Waals surface area contributed by atoms with Crippen LogP contribution in [-0.4, -0.2) is 17.0 Å². The molecule has 0 bridgehead atoms. The van der Waals surface area contributed by atoms with Gasteiger partial charge in [0.2, 0.25) is 6.19 Å². The Morgan fingerprint density at radius 2 is 1.58 bits per heavy atom. The standard InChI is InChI=1S/C17H18N4.2ClH.Fe/c1-12-7-13(2)17(14(3)8-12)20-10-16-6-5-15(21(16)4)9-19-11-18;;;/h5-10H,1-4H3;2*1H;/q;;;+2/p-2. The van der Waals surface area contributed by atoms with Crippen molar-refractivity contribution in [3.8, 4) is 6.19 Å². The second kappa shape index (κ2) is 10.3. The Kier molecular flexibility index (Phi) is 8.81. The minimum absolute atomic E-state index is 0.194. The third-order valence-corrected chi connectivity index (χ3v) is 3.42. The van der Waals surface area contributed by atoms with Crippen LogP contribution in [0.2, 0.25) is 0 Å². The zero-order valence-electron chi connectivity index (χ0n) is 13.9. The number of halogens is 2. The van der Waals surface area contributed by atoms with E-state index in [9.17, 15) is 0 Å². The molecule has 4 nitrogen and oxygen atoms in total. The van der Waals surface area contributed by atoms with E-state index in [1.54, 1.807) is 12.4 Å². The Hall–Kier alpha value is -1.57. The van der Waals surface area contributed by atoms with Gasteiger partial charge in [-0.15, -0.1) is 0 Å². The molecule has 0 amide bonds. The fraction of sp³-hybridized carbons (Fsp3) is 0.235. The number of nitrogens with zero attached hydrogens (tertiary/aromatic N) is 4. The molecule has 0 spiro atoms. The van der Waals surface area contributed by atoms with Crippen LogP contribution in [-0.2, 0) is 20.2 Å². The number of nitriles is 1. The monoisotopic (exact) mass is 404 g/mol. The Labute approximate surface area is 157 Å². The van der Waals surface area contributed by atoms with Crippen molar-refractivity contribution in [2.75, 3.05) is 0 Å². The zero-order valence-corrected chi connectivity index (χ0v) is 16.5. The molecule has 0 aliphatic rings. The van der Waals surface area contributed by atoms with Gasteiger partial charge in [-0.3, -0.25) is 4.99 Å². The SMILES string of the molecule is Cc1cc(C)c(N=Cc2ccc(C=NC#N)n2C)c(C)c1.[Cl][Fe][Cl]. The molecule has 0 saturated heterocycles. The van der Waals surface area contributed by atoms with Gasteiger partial charge in [-0.2, -0.15) is 10.3 Å². The third kappa shape index (κ3) is 5.81. The van der Waals surface area contributed by atoms with E-state index >= 15 is 0 Å². The van der Waals surface area contributed by atoms with Gasteiger partial charge in [0.15, 0.2) is 0 Å². The molecule has 128 valence electrons. The number of aromatic nitrogens is 1. The molecule has 0 saturated carbocycles. The summed E-state index contributed by atoms with van der Waals surface area (Å²) < 4.78 is 1.95. The summed E-state index contributed by atoms with van der Waals surface area (Å²) in [6.45, 7) is 6.23. The van der Waals surface area contributed by atoms with E-state index in [1.165, 1.54) is 16.7 Å². The molecule has 7 heteroatoms. The number of hydrogen-bond donors (Lipinski definition) is 0. The zero-order chi connectivity index (χ0) is 18.1. The normalized spacial score (nSPS) is 10.9. The molecule has 0 aliphatic heterocycles. The predicted molar refractivity (Wildman–Crippen MR) is 98.2 cm³/mol. The first-order valence-electron chi connectivity index (χ1n) is 6.99. The average molecular weight is 405 g/mol. The molecule has 0 radical (unpaired) electrons. The number of aliphatic imine (C=N–C) groups is 2. The van der Waals surface area contributed by atoms with E-state index < -0.39 is 0 Å². The van der Waals surface area contributed by atoms with Crippen LogP contribution >= 0.6 is 20.2 Å². The number of aryl methyl sites for hydroxylation is 3. The van der Waals surface area contributed by atoms with Crippen LogP contribution in [0.5, 0.6) is 0 Å². The van der Waals surface area contributed by atoms with Crippen LogP contribution in [0.15, 0.2) is 34.3 Å². The van der Waals surface area contributed by atoms with Gasteiger partial charge in [0.05, 0.1) is 29.5 Å². The summed E-state index contributed by atoms with van der Waals surface area (Å²) in [5.41, 5.74) is 6.43. The van der Waals surface area contributed by atoms with Gasteiger partial charge in [0, 0.05) is 7.05 Å². The maximum absolute atomic E-state index is 8.48. The quantitative estimate of drug-likeness (QED) is 0.404. The summed E-state index contributed by atoms with van der Waals surface area (Å²) in [7, 11) is 11.5. The van der Waals surface area contributed by atoms with Crippen LogP contribution < -0.4 is 0 Å². The van der Waals surface area contributed by atoms with Crippen molar-refractivity contribution in [2.45, 2.75) is 20.8 Å². The maximum atomic E-state index is 8.48. The van der Waals surface area contributed by atoms with Crippen LogP contribution in [0.4, 0.5) is 5.69 Å². The summed E-state index contributed by atoms with van der Waals surface area (Å²) >= 11 is 0.194. The number of rotatable bonds is 3. The van der Waals surface area contributed by atoms with Crippen molar-refractivity contribution in [1.82, 2.24) is 4.57 Å². The van der Waals surface area contributed by atoms with Gasteiger partial charge < -0.3 is 4.57 Å². The van der Waals surface area contributed by atoms with Crippen LogP contribution in [0.1, 0.15) is 28.1 Å². The molecule has 24 heavy (non-hydrogen) atoms. The summed E-state index contributed by atoms with van der Waals surface area (Å²) in [6, 6.07) is 8.14. The topological polar surface area (TPSA) is 53.4 Å². The molecular formula is C17H18Cl2FeN4. The molecule has 1 heterocycles. The van der Waals surface area contributed by atoms with Crippen molar-refractivity contribution in [2.24, 2.45) is 17.0 Å². The molecule has 0 aliphatic carbocycles. The van der Waals surface area contributed by atoms with E-state index in [-0.39, 0.29) is 13.1 Å². The first-order chi connectivity index (χ1) is 11.4. The van der Waals surface area contributed by atoms with E-state index in [0.29, 0.717) is 0 Å². The Balaban J connectivity index is 0.000000891. The fourth-order valence-corrected chi connectivity index (χ4v) is 2.40. The van der Waals surface area contributed by atoms with Gasteiger partial charge in [-0.25, -0.2) is 0 Å². The van der Waals surface area contributed by atoms with Gasteiger partial charge in [-0.05, 0) is 44.0 Å². The first kappa shape index (κ1) is 20.5. The average Bonchev–Trinajstić information content (AvgIpc) is 2.85. The van der Waals surface area contributed by atoms with Crippen LogP contribution in [0, 0.1) is 32.2 Å². The van der Waals surface area contributed by atoms with E-state index in [4.69, 9.17) is 25.5 Å². The Morgan fingerprint density at radius 1 is 1.08 bits per heavy atom. The molecule has 0 unspecified atom stereocenters. The van der Waals surface area contributed by atoms with Crippen molar-refractivity contribution >= 4 is 38.3 Å². The molecule has 1 aromatic carbocycles. The van der Waals surface area contributed by atoms with Crippen LogP contribution in [0.25, 0.3) is 0 Å². The van der Waals surface area contributed by atoms with Crippen molar-refractivity contribution in [3.05, 3.63) is 52.3 Å². The second-order valence-electron chi connectivity index (χ2n) is 5.16. The Morgan fingerprint density at radius 3 is 2.08 bits per heavy atom. The fourth-order valence-electron chi connectivity index (χ4n) is 2.40. The van der Waals surface area contributed by atoms with Gasteiger partial charge in [0.1, 0.15) is 0 Å². The van der Waals surface area contributed by atoms with Crippen molar-refractivity contribution in [3.63, 3.8) is 0 Å². The minimum atomic E-state index is 0.194. The molecule has 1 aromatic heterocycles. The molecule has 2 rings (SSSR count). The summed E-state index contributed by atoms with van der Waals surface area (Å²) in [4.78, 5) is 8.20.